The molecular weight excluding hydrogens is 336 g/mol. The Morgan fingerprint density at radius 1 is 1.11 bits per heavy atom. The molecule has 27 heavy (non-hydrogen) atoms. The van der Waals surface area contributed by atoms with Crippen LogP contribution < -0.4 is 5.43 Å². The lowest BCUT2D eigenvalue weighted by molar-refractivity contribution is 0.0955. The second-order valence-corrected chi connectivity index (χ2v) is 6.27. The molecule has 0 saturated heterocycles. The molecule has 0 radical (unpaired) electrons. The Balaban J connectivity index is 1.59. The first kappa shape index (κ1) is 18.3. The summed E-state index contributed by atoms with van der Waals surface area (Å²) >= 11 is 0. The fourth-order valence-electron chi connectivity index (χ4n) is 2.74. The van der Waals surface area contributed by atoms with Crippen LogP contribution >= 0.6 is 0 Å². The number of carbonyl (C=O) groups is 1. The van der Waals surface area contributed by atoms with Crippen molar-refractivity contribution in [2.24, 2.45) is 5.10 Å². The number of hydrazone groups is 1. The maximum Gasteiger partial charge on any atom is 0.271 e. The molecule has 1 amide bonds. The minimum atomic E-state index is -0.241. The third kappa shape index (κ3) is 5.25. The summed E-state index contributed by atoms with van der Waals surface area (Å²) in [5.41, 5.74) is 7.29. The van der Waals surface area contributed by atoms with Gasteiger partial charge in [0.25, 0.3) is 5.91 Å². The van der Waals surface area contributed by atoms with Gasteiger partial charge >= 0.3 is 0 Å². The van der Waals surface area contributed by atoms with Crippen LogP contribution in [0, 0.1) is 13.8 Å². The Bertz CT molecular complexity index is 971. The third-order valence-corrected chi connectivity index (χ3v) is 4.04. The van der Waals surface area contributed by atoms with Crippen molar-refractivity contribution in [1.82, 2.24) is 15.2 Å². The van der Waals surface area contributed by atoms with E-state index in [1.165, 1.54) is 0 Å². The number of carbonyl (C=O) groups excluding carboxylic acids is 1. The van der Waals surface area contributed by atoms with Gasteiger partial charge in [-0.1, -0.05) is 48.5 Å². The Kier molecular flexibility index (Phi) is 5.94. The van der Waals surface area contributed by atoms with Crippen LogP contribution in [0.25, 0.3) is 6.08 Å². The molecule has 3 aromatic rings. The maximum absolute atomic E-state index is 12.3. The molecule has 5 heteroatoms. The van der Waals surface area contributed by atoms with Crippen molar-refractivity contribution in [3.63, 3.8) is 0 Å². The normalized spacial score (nSPS) is 11.3. The average Bonchev–Trinajstić information content (AvgIpc) is 2.99. The lowest BCUT2D eigenvalue weighted by Gasteiger charge is -2.06. The van der Waals surface area contributed by atoms with E-state index in [0.717, 1.165) is 22.5 Å². The van der Waals surface area contributed by atoms with Crippen LogP contribution in [0.1, 0.15) is 32.9 Å². The van der Waals surface area contributed by atoms with Gasteiger partial charge in [-0.2, -0.15) is 10.2 Å². The Hall–Kier alpha value is -3.47. The number of amides is 1. The number of benzene rings is 2. The molecule has 1 N–H and O–H groups in total. The van der Waals surface area contributed by atoms with Crippen LogP contribution in [0.3, 0.4) is 0 Å². The average molecular weight is 358 g/mol. The van der Waals surface area contributed by atoms with E-state index in [-0.39, 0.29) is 5.91 Å². The molecule has 1 heterocycles. The van der Waals surface area contributed by atoms with Gasteiger partial charge in [-0.25, -0.2) is 5.43 Å². The first-order valence-corrected chi connectivity index (χ1v) is 8.77. The van der Waals surface area contributed by atoms with E-state index in [1.54, 1.807) is 18.4 Å². The highest BCUT2D eigenvalue weighted by molar-refractivity contribution is 5.94. The van der Waals surface area contributed by atoms with Crippen LogP contribution in [0.5, 0.6) is 0 Å². The Morgan fingerprint density at radius 2 is 1.93 bits per heavy atom. The summed E-state index contributed by atoms with van der Waals surface area (Å²) in [5.74, 6) is -0.241. The molecule has 0 saturated carbocycles. The summed E-state index contributed by atoms with van der Waals surface area (Å²) in [6.45, 7) is 4.62. The number of rotatable bonds is 6. The molecule has 3 rings (SSSR count). The zero-order chi connectivity index (χ0) is 19.1. The minimum absolute atomic E-state index is 0.241. The van der Waals surface area contributed by atoms with Crippen LogP contribution in [-0.4, -0.2) is 21.9 Å². The second-order valence-electron chi connectivity index (χ2n) is 6.27. The summed E-state index contributed by atoms with van der Waals surface area (Å²) in [7, 11) is 0. The SMILES string of the molecule is Cc1cc(C)n(Cc2cccc(C(=O)N/N=C/C=C/c3ccccc3)c2)n1. The van der Waals surface area contributed by atoms with Gasteiger partial charge in [0.15, 0.2) is 0 Å². The molecular formula is C22H22N4O. The van der Waals surface area contributed by atoms with Gasteiger partial charge in [0, 0.05) is 17.5 Å². The molecule has 0 aliphatic rings. The number of hydrogen-bond donors (Lipinski definition) is 1. The monoisotopic (exact) mass is 358 g/mol. The number of aromatic nitrogens is 2. The third-order valence-electron chi connectivity index (χ3n) is 4.04. The molecule has 5 nitrogen and oxygen atoms in total. The quantitative estimate of drug-likeness (QED) is 0.535. The molecule has 0 unspecified atom stereocenters. The summed E-state index contributed by atoms with van der Waals surface area (Å²) in [4.78, 5) is 12.3. The molecule has 2 aromatic carbocycles. The van der Waals surface area contributed by atoms with Crippen LogP contribution in [0.4, 0.5) is 0 Å². The van der Waals surface area contributed by atoms with Crippen LogP contribution in [0.15, 0.2) is 71.8 Å². The smallest absolute Gasteiger partial charge is 0.267 e. The molecule has 0 bridgehead atoms. The first-order valence-electron chi connectivity index (χ1n) is 8.77. The summed E-state index contributed by atoms with van der Waals surface area (Å²) in [5, 5.41) is 8.42. The predicted octanol–water partition coefficient (Wildman–Crippen LogP) is 3.98. The number of aryl methyl sites for hydroxylation is 2. The topological polar surface area (TPSA) is 59.3 Å². The lowest BCUT2D eigenvalue weighted by atomic mass is 10.1. The minimum Gasteiger partial charge on any atom is -0.267 e. The second kappa shape index (κ2) is 8.76. The molecule has 0 aliphatic heterocycles. The van der Waals surface area contributed by atoms with Gasteiger partial charge < -0.3 is 0 Å². The predicted molar refractivity (Wildman–Crippen MR) is 109 cm³/mol. The standard InChI is InChI=1S/C22H22N4O/c1-17-14-18(2)26(25-17)16-20-10-6-12-21(15-20)22(27)24-23-13-7-11-19-8-4-3-5-9-19/h3-15H,16H2,1-2H3,(H,24,27)/b11-7+,23-13+. The lowest BCUT2D eigenvalue weighted by Crippen LogP contribution is -2.17. The zero-order valence-corrected chi connectivity index (χ0v) is 15.5. The molecule has 0 aliphatic carbocycles. The fraction of sp³-hybridized carbons (Fsp3) is 0.136. The molecule has 0 atom stereocenters. The Morgan fingerprint density at radius 3 is 2.67 bits per heavy atom. The van der Waals surface area contributed by atoms with Gasteiger partial charge in [-0.05, 0) is 49.2 Å². The van der Waals surface area contributed by atoms with Gasteiger partial charge in [-0.3, -0.25) is 9.48 Å². The van der Waals surface area contributed by atoms with Gasteiger partial charge in [0.05, 0.1) is 12.2 Å². The van der Waals surface area contributed by atoms with E-state index in [1.807, 2.05) is 79.2 Å². The van der Waals surface area contributed by atoms with Crippen molar-refractivity contribution in [2.45, 2.75) is 20.4 Å². The van der Waals surface area contributed by atoms with Gasteiger partial charge in [0.2, 0.25) is 0 Å². The highest BCUT2D eigenvalue weighted by atomic mass is 16.2. The van der Waals surface area contributed by atoms with Gasteiger partial charge in [0.1, 0.15) is 0 Å². The van der Waals surface area contributed by atoms with E-state index in [2.05, 4.69) is 15.6 Å². The first-order chi connectivity index (χ1) is 13.1. The van der Waals surface area contributed by atoms with E-state index >= 15 is 0 Å². The number of allylic oxidation sites excluding steroid dienone is 1. The van der Waals surface area contributed by atoms with E-state index in [9.17, 15) is 4.79 Å². The zero-order valence-electron chi connectivity index (χ0n) is 15.5. The number of nitrogens with one attached hydrogen (secondary N) is 1. The fourth-order valence-corrected chi connectivity index (χ4v) is 2.74. The van der Waals surface area contributed by atoms with E-state index in [4.69, 9.17) is 0 Å². The molecule has 0 spiro atoms. The maximum atomic E-state index is 12.3. The number of hydrogen-bond acceptors (Lipinski definition) is 3. The van der Waals surface area contributed by atoms with Crippen LogP contribution in [-0.2, 0) is 6.54 Å². The van der Waals surface area contributed by atoms with Crippen molar-refractivity contribution in [3.05, 3.63) is 94.8 Å². The molecule has 0 fully saturated rings. The van der Waals surface area contributed by atoms with Gasteiger partial charge in [-0.15, -0.1) is 0 Å². The molecule has 136 valence electrons. The number of nitrogens with zero attached hydrogens (tertiary/aromatic N) is 3. The van der Waals surface area contributed by atoms with Crippen LogP contribution in [0.2, 0.25) is 0 Å². The van der Waals surface area contributed by atoms with Crippen molar-refractivity contribution < 1.29 is 4.79 Å². The highest BCUT2D eigenvalue weighted by Crippen LogP contribution is 2.10. The van der Waals surface area contributed by atoms with Crippen molar-refractivity contribution >= 4 is 18.2 Å². The molecule has 1 aromatic heterocycles. The summed E-state index contributed by atoms with van der Waals surface area (Å²) in [6, 6.07) is 19.4. The Labute approximate surface area is 159 Å². The summed E-state index contributed by atoms with van der Waals surface area (Å²) in [6.07, 6.45) is 5.27. The van der Waals surface area contributed by atoms with E-state index in [0.29, 0.717) is 12.1 Å². The van der Waals surface area contributed by atoms with Crippen molar-refractivity contribution in [1.29, 1.82) is 0 Å². The summed E-state index contributed by atoms with van der Waals surface area (Å²) < 4.78 is 1.93. The van der Waals surface area contributed by atoms with Crippen molar-refractivity contribution in [2.75, 3.05) is 0 Å². The largest absolute Gasteiger partial charge is 0.271 e. The van der Waals surface area contributed by atoms with E-state index < -0.39 is 0 Å². The van der Waals surface area contributed by atoms with Crippen molar-refractivity contribution in [3.8, 4) is 0 Å². The highest BCUT2D eigenvalue weighted by Gasteiger charge is 2.07.